The molecule has 6 heteroatoms. The van der Waals surface area contributed by atoms with Gasteiger partial charge in [0.2, 0.25) is 5.54 Å². The van der Waals surface area contributed by atoms with Crippen molar-refractivity contribution in [1.29, 1.82) is 0 Å². The Balaban J connectivity index is 1.86. The van der Waals surface area contributed by atoms with Gasteiger partial charge in [-0.05, 0) is 50.5 Å². The molecule has 2 aliphatic rings. The number of urea groups is 1. The highest BCUT2D eigenvalue weighted by Crippen LogP contribution is 2.43. The number of aryl methyl sites for hydroxylation is 4. The minimum absolute atomic E-state index is 0.345. The number of rotatable bonds is 2. The lowest BCUT2D eigenvalue weighted by Crippen LogP contribution is -2.52. The molecule has 2 aromatic rings. The molecule has 0 bridgehead atoms. The van der Waals surface area contributed by atoms with Crippen LogP contribution in [0.25, 0.3) is 0 Å². The van der Waals surface area contributed by atoms with E-state index in [1.807, 2.05) is 39.8 Å². The monoisotopic (exact) mass is 363 g/mol. The number of hydrogen-bond donors (Lipinski definition) is 2. The minimum Gasteiger partial charge on any atom is -0.312 e. The van der Waals surface area contributed by atoms with Gasteiger partial charge in [0, 0.05) is 5.56 Å². The van der Waals surface area contributed by atoms with E-state index in [0.29, 0.717) is 17.8 Å². The summed E-state index contributed by atoms with van der Waals surface area (Å²) in [4.78, 5) is 39.5. The van der Waals surface area contributed by atoms with Crippen LogP contribution in [-0.4, -0.2) is 17.8 Å². The van der Waals surface area contributed by atoms with Gasteiger partial charge in [-0.2, -0.15) is 0 Å². The molecule has 2 aliphatic heterocycles. The molecule has 2 heterocycles. The highest BCUT2D eigenvalue weighted by atomic mass is 16.2. The summed E-state index contributed by atoms with van der Waals surface area (Å²) >= 11 is 0. The molecule has 1 fully saturated rings. The van der Waals surface area contributed by atoms with Gasteiger partial charge in [0.1, 0.15) is 0 Å². The maximum absolute atomic E-state index is 13.4. The molecule has 4 amide bonds. The largest absolute Gasteiger partial charge is 0.323 e. The SMILES string of the molecule is Cc1cc(C)c(CN2C(=O)C3(NC(=O)NC3=O)c3cc(C)ccc32)c(C)c1. The van der Waals surface area contributed by atoms with E-state index in [4.69, 9.17) is 0 Å². The summed E-state index contributed by atoms with van der Waals surface area (Å²) in [6, 6.07) is 9.06. The number of nitrogens with zero attached hydrogens (tertiary/aromatic N) is 1. The summed E-state index contributed by atoms with van der Waals surface area (Å²) in [5.74, 6) is -1.05. The molecule has 0 aliphatic carbocycles. The van der Waals surface area contributed by atoms with Crippen LogP contribution in [0.4, 0.5) is 10.5 Å². The van der Waals surface area contributed by atoms with Crippen molar-refractivity contribution in [3.05, 3.63) is 63.7 Å². The molecule has 1 atom stereocenters. The second kappa shape index (κ2) is 5.67. The predicted octanol–water partition coefficient (Wildman–Crippen LogP) is 2.50. The minimum atomic E-state index is -1.68. The summed E-state index contributed by atoms with van der Waals surface area (Å²) in [7, 11) is 0. The molecule has 2 N–H and O–H groups in total. The van der Waals surface area contributed by atoms with Gasteiger partial charge in [-0.1, -0.05) is 35.4 Å². The number of benzene rings is 2. The van der Waals surface area contributed by atoms with Gasteiger partial charge < -0.3 is 10.2 Å². The van der Waals surface area contributed by atoms with Crippen LogP contribution >= 0.6 is 0 Å². The lowest BCUT2D eigenvalue weighted by Gasteiger charge is -2.23. The van der Waals surface area contributed by atoms with Crippen LogP contribution in [0.2, 0.25) is 0 Å². The standard InChI is InChI=1S/C21H21N3O3/c1-11-5-6-17-16(9-11)21(18(25)22-20(27)23-21)19(26)24(17)10-15-13(3)7-12(2)8-14(15)4/h5-9H,10H2,1-4H3,(H2,22,23,25,27). The lowest BCUT2D eigenvalue weighted by molar-refractivity contribution is -0.134. The number of fused-ring (bicyclic) bond motifs is 2. The van der Waals surface area contributed by atoms with Gasteiger partial charge in [0.05, 0.1) is 12.2 Å². The average Bonchev–Trinajstić information content (AvgIpc) is 3.00. The molecule has 27 heavy (non-hydrogen) atoms. The summed E-state index contributed by atoms with van der Waals surface area (Å²) < 4.78 is 0. The number of nitrogens with one attached hydrogen (secondary N) is 2. The van der Waals surface area contributed by atoms with Crippen LogP contribution < -0.4 is 15.5 Å². The zero-order valence-corrected chi connectivity index (χ0v) is 15.8. The van der Waals surface area contributed by atoms with E-state index in [2.05, 4.69) is 22.8 Å². The summed E-state index contributed by atoms with van der Waals surface area (Å²) in [6.45, 7) is 8.32. The van der Waals surface area contributed by atoms with Gasteiger partial charge in [0.15, 0.2) is 0 Å². The average molecular weight is 363 g/mol. The Hall–Kier alpha value is -3.15. The van der Waals surface area contributed by atoms with Crippen LogP contribution in [-0.2, 0) is 21.7 Å². The number of carbonyl (C=O) groups excluding carboxylic acids is 3. The first-order chi connectivity index (χ1) is 12.7. The normalized spacial score (nSPS) is 20.9. The second-order valence-corrected chi connectivity index (χ2v) is 7.45. The molecular formula is C21H21N3O3. The summed E-state index contributed by atoms with van der Waals surface area (Å²) in [6.07, 6.45) is 0. The van der Waals surface area contributed by atoms with Gasteiger partial charge in [-0.3, -0.25) is 14.9 Å². The van der Waals surface area contributed by atoms with Crippen molar-refractivity contribution in [2.24, 2.45) is 0 Å². The molecule has 1 saturated heterocycles. The number of imide groups is 1. The third-order valence-electron chi connectivity index (χ3n) is 5.44. The van der Waals surface area contributed by atoms with E-state index in [-0.39, 0.29) is 0 Å². The molecule has 6 nitrogen and oxygen atoms in total. The molecular weight excluding hydrogens is 342 g/mol. The molecule has 4 rings (SSSR count). The summed E-state index contributed by atoms with van der Waals surface area (Å²) in [5.41, 5.74) is 4.81. The maximum atomic E-state index is 13.4. The molecule has 1 unspecified atom stereocenters. The van der Waals surface area contributed by atoms with E-state index in [0.717, 1.165) is 27.8 Å². The van der Waals surface area contributed by atoms with Crippen molar-refractivity contribution >= 4 is 23.5 Å². The smallest absolute Gasteiger partial charge is 0.312 e. The van der Waals surface area contributed by atoms with Gasteiger partial charge in [0.25, 0.3) is 11.8 Å². The Morgan fingerprint density at radius 2 is 1.59 bits per heavy atom. The maximum Gasteiger partial charge on any atom is 0.323 e. The van der Waals surface area contributed by atoms with E-state index >= 15 is 0 Å². The number of anilines is 1. The van der Waals surface area contributed by atoms with Crippen LogP contribution in [0.5, 0.6) is 0 Å². The quantitative estimate of drug-likeness (QED) is 0.636. The zero-order valence-electron chi connectivity index (χ0n) is 15.8. The van der Waals surface area contributed by atoms with Crippen molar-refractivity contribution in [3.63, 3.8) is 0 Å². The van der Waals surface area contributed by atoms with Gasteiger partial charge >= 0.3 is 6.03 Å². The van der Waals surface area contributed by atoms with Crippen LogP contribution in [0.3, 0.4) is 0 Å². The fraction of sp³-hybridized carbons (Fsp3) is 0.286. The second-order valence-electron chi connectivity index (χ2n) is 7.45. The van der Waals surface area contributed by atoms with Crippen molar-refractivity contribution in [1.82, 2.24) is 10.6 Å². The Morgan fingerprint density at radius 1 is 0.926 bits per heavy atom. The third-order valence-corrected chi connectivity index (χ3v) is 5.44. The highest BCUT2D eigenvalue weighted by Gasteiger charge is 2.61. The summed E-state index contributed by atoms with van der Waals surface area (Å²) in [5, 5.41) is 4.79. The first kappa shape index (κ1) is 17.3. The van der Waals surface area contributed by atoms with Gasteiger partial charge in [-0.25, -0.2) is 4.79 Å². The lowest BCUT2D eigenvalue weighted by atomic mass is 9.90. The van der Waals surface area contributed by atoms with Crippen molar-refractivity contribution in [2.75, 3.05) is 4.90 Å². The molecule has 138 valence electrons. The van der Waals surface area contributed by atoms with E-state index in [1.54, 1.807) is 11.0 Å². The third kappa shape index (κ3) is 2.36. The molecule has 0 saturated carbocycles. The number of carbonyl (C=O) groups is 3. The Kier molecular flexibility index (Phi) is 3.63. The first-order valence-electron chi connectivity index (χ1n) is 8.87. The van der Waals surface area contributed by atoms with Crippen molar-refractivity contribution in [3.8, 4) is 0 Å². The van der Waals surface area contributed by atoms with E-state index in [9.17, 15) is 14.4 Å². The first-order valence-corrected chi connectivity index (χ1v) is 8.87. The fourth-order valence-electron chi connectivity index (χ4n) is 4.18. The van der Waals surface area contributed by atoms with Gasteiger partial charge in [-0.15, -0.1) is 0 Å². The molecule has 1 spiro atoms. The zero-order chi connectivity index (χ0) is 19.5. The van der Waals surface area contributed by atoms with Crippen molar-refractivity contribution in [2.45, 2.75) is 39.8 Å². The topological polar surface area (TPSA) is 78.5 Å². The Bertz CT molecular complexity index is 1000. The van der Waals surface area contributed by atoms with Crippen LogP contribution in [0.1, 0.15) is 33.4 Å². The molecule has 0 aromatic heterocycles. The predicted molar refractivity (Wildman–Crippen MR) is 101 cm³/mol. The van der Waals surface area contributed by atoms with Crippen LogP contribution in [0, 0.1) is 27.7 Å². The Morgan fingerprint density at radius 3 is 2.19 bits per heavy atom. The number of amides is 4. The van der Waals surface area contributed by atoms with Crippen LogP contribution in [0.15, 0.2) is 30.3 Å². The van der Waals surface area contributed by atoms with E-state index in [1.165, 1.54) is 0 Å². The fourth-order valence-corrected chi connectivity index (χ4v) is 4.18. The van der Waals surface area contributed by atoms with Crippen molar-refractivity contribution < 1.29 is 14.4 Å². The molecule has 0 radical (unpaired) electrons. The number of hydrogen-bond acceptors (Lipinski definition) is 3. The highest BCUT2D eigenvalue weighted by molar-refractivity contribution is 6.27. The molecule has 2 aromatic carbocycles. The van der Waals surface area contributed by atoms with E-state index < -0.39 is 23.4 Å². The Labute approximate surface area is 157 Å².